The number of rotatable bonds is 8. The molecule has 0 aliphatic carbocycles. The van der Waals surface area contributed by atoms with E-state index >= 15 is 0 Å². The molecule has 1 rings (SSSR count). The van der Waals surface area contributed by atoms with Crippen LogP contribution in [0.3, 0.4) is 0 Å². The van der Waals surface area contributed by atoms with Gasteiger partial charge in [0.15, 0.2) is 0 Å². The van der Waals surface area contributed by atoms with Gasteiger partial charge in [-0.05, 0) is 37.9 Å². The first-order valence-corrected chi connectivity index (χ1v) is 7.86. The summed E-state index contributed by atoms with van der Waals surface area (Å²) < 4.78 is 0. The van der Waals surface area contributed by atoms with E-state index in [1.54, 1.807) is 0 Å². The standard InChI is InChI=1S/C18H32N2/c1-14(2)12-17(16-10-8-7-9-11-16)19-13-18(15(3)4)20(5)6/h7-11,14-15,17-19H,12-13H2,1-6H3. The van der Waals surface area contributed by atoms with Crippen LogP contribution in [0.4, 0.5) is 0 Å². The molecule has 0 aliphatic heterocycles. The van der Waals surface area contributed by atoms with Crippen LogP contribution in [0.5, 0.6) is 0 Å². The van der Waals surface area contributed by atoms with Crippen molar-refractivity contribution >= 4 is 0 Å². The molecule has 0 saturated heterocycles. The fourth-order valence-corrected chi connectivity index (χ4v) is 2.77. The molecule has 2 nitrogen and oxygen atoms in total. The van der Waals surface area contributed by atoms with Gasteiger partial charge in [-0.1, -0.05) is 58.0 Å². The SMILES string of the molecule is CC(C)CC(NCC(C(C)C)N(C)C)c1ccccc1. The third-order valence-electron chi connectivity index (χ3n) is 3.92. The monoisotopic (exact) mass is 276 g/mol. The van der Waals surface area contributed by atoms with Gasteiger partial charge in [0, 0.05) is 18.6 Å². The van der Waals surface area contributed by atoms with Crippen molar-refractivity contribution < 1.29 is 0 Å². The number of nitrogens with zero attached hydrogens (tertiary/aromatic N) is 1. The minimum atomic E-state index is 0.456. The Morgan fingerprint density at radius 2 is 1.60 bits per heavy atom. The predicted molar refractivity (Wildman–Crippen MR) is 89.0 cm³/mol. The molecule has 2 atom stereocenters. The number of hydrogen-bond donors (Lipinski definition) is 1. The summed E-state index contributed by atoms with van der Waals surface area (Å²) in [5.41, 5.74) is 1.41. The van der Waals surface area contributed by atoms with Gasteiger partial charge >= 0.3 is 0 Å². The second kappa shape index (κ2) is 8.43. The summed E-state index contributed by atoms with van der Waals surface area (Å²) in [6.07, 6.45) is 1.18. The smallest absolute Gasteiger partial charge is 0.0323 e. The molecule has 0 aromatic heterocycles. The number of nitrogens with one attached hydrogen (secondary N) is 1. The van der Waals surface area contributed by atoms with Crippen molar-refractivity contribution in [1.29, 1.82) is 0 Å². The van der Waals surface area contributed by atoms with Gasteiger partial charge in [0.1, 0.15) is 0 Å². The molecule has 0 amide bonds. The number of hydrogen-bond acceptors (Lipinski definition) is 2. The molecule has 0 spiro atoms. The lowest BCUT2D eigenvalue weighted by Crippen LogP contribution is -2.42. The zero-order chi connectivity index (χ0) is 15.1. The largest absolute Gasteiger partial charge is 0.308 e. The maximum Gasteiger partial charge on any atom is 0.0323 e. The maximum absolute atomic E-state index is 3.79. The zero-order valence-electron chi connectivity index (χ0n) is 14.1. The van der Waals surface area contributed by atoms with Crippen LogP contribution in [-0.4, -0.2) is 31.6 Å². The highest BCUT2D eigenvalue weighted by atomic mass is 15.1. The highest BCUT2D eigenvalue weighted by Gasteiger charge is 2.19. The summed E-state index contributed by atoms with van der Waals surface area (Å²) in [4.78, 5) is 2.33. The van der Waals surface area contributed by atoms with E-state index in [9.17, 15) is 0 Å². The normalized spacial score (nSPS) is 15.1. The Labute approximate surface area is 125 Å². The fourth-order valence-electron chi connectivity index (χ4n) is 2.77. The Morgan fingerprint density at radius 3 is 2.05 bits per heavy atom. The van der Waals surface area contributed by atoms with Crippen molar-refractivity contribution in [2.24, 2.45) is 11.8 Å². The van der Waals surface area contributed by atoms with Crippen molar-refractivity contribution in [1.82, 2.24) is 10.2 Å². The summed E-state index contributed by atoms with van der Waals surface area (Å²) in [5.74, 6) is 1.36. The van der Waals surface area contributed by atoms with E-state index in [1.165, 1.54) is 12.0 Å². The van der Waals surface area contributed by atoms with Crippen molar-refractivity contribution in [2.75, 3.05) is 20.6 Å². The fraction of sp³-hybridized carbons (Fsp3) is 0.667. The Bertz CT molecular complexity index is 349. The molecule has 0 aliphatic rings. The van der Waals surface area contributed by atoms with Crippen LogP contribution >= 0.6 is 0 Å². The Morgan fingerprint density at radius 1 is 1.00 bits per heavy atom. The number of benzene rings is 1. The van der Waals surface area contributed by atoms with Gasteiger partial charge in [-0.25, -0.2) is 0 Å². The topological polar surface area (TPSA) is 15.3 Å². The molecule has 1 N–H and O–H groups in total. The van der Waals surface area contributed by atoms with E-state index in [4.69, 9.17) is 0 Å². The molecular formula is C18H32N2. The second-order valence-electron chi connectivity index (χ2n) is 6.78. The van der Waals surface area contributed by atoms with Crippen molar-refractivity contribution in [3.63, 3.8) is 0 Å². The Balaban J connectivity index is 2.70. The summed E-state index contributed by atoms with van der Waals surface area (Å²) in [6.45, 7) is 10.2. The van der Waals surface area contributed by atoms with Crippen LogP contribution in [0, 0.1) is 11.8 Å². The van der Waals surface area contributed by atoms with Crippen molar-refractivity contribution in [3.8, 4) is 0 Å². The minimum absolute atomic E-state index is 0.456. The molecule has 2 heteroatoms. The third-order valence-corrected chi connectivity index (χ3v) is 3.92. The first-order chi connectivity index (χ1) is 9.41. The van der Waals surface area contributed by atoms with Crippen molar-refractivity contribution in [2.45, 2.75) is 46.2 Å². The van der Waals surface area contributed by atoms with E-state index in [0.717, 1.165) is 6.54 Å². The maximum atomic E-state index is 3.79. The lowest BCUT2D eigenvalue weighted by molar-refractivity contribution is 0.215. The van der Waals surface area contributed by atoms with Gasteiger partial charge in [0.25, 0.3) is 0 Å². The zero-order valence-corrected chi connectivity index (χ0v) is 14.1. The summed E-state index contributed by atoms with van der Waals surface area (Å²) >= 11 is 0. The summed E-state index contributed by atoms with van der Waals surface area (Å²) in [5, 5.41) is 3.79. The lowest BCUT2D eigenvalue weighted by Gasteiger charge is -2.31. The average Bonchev–Trinajstić information content (AvgIpc) is 2.37. The molecule has 20 heavy (non-hydrogen) atoms. The Kier molecular flexibility index (Phi) is 7.25. The second-order valence-corrected chi connectivity index (χ2v) is 6.78. The molecule has 0 heterocycles. The van der Waals surface area contributed by atoms with E-state index in [1.807, 2.05) is 0 Å². The minimum Gasteiger partial charge on any atom is -0.308 e. The molecule has 0 radical (unpaired) electrons. The average molecular weight is 276 g/mol. The predicted octanol–water partition coefficient (Wildman–Crippen LogP) is 3.95. The highest BCUT2D eigenvalue weighted by molar-refractivity contribution is 5.19. The summed E-state index contributed by atoms with van der Waals surface area (Å²) in [7, 11) is 4.35. The van der Waals surface area contributed by atoms with E-state index in [-0.39, 0.29) is 0 Å². The van der Waals surface area contributed by atoms with Crippen LogP contribution in [0.2, 0.25) is 0 Å². The molecule has 0 fully saturated rings. The molecule has 0 bridgehead atoms. The number of likely N-dealkylation sites (N-methyl/N-ethyl adjacent to an activating group) is 1. The third kappa shape index (κ3) is 5.64. The van der Waals surface area contributed by atoms with E-state index < -0.39 is 0 Å². The highest BCUT2D eigenvalue weighted by Crippen LogP contribution is 2.21. The van der Waals surface area contributed by atoms with Crippen LogP contribution in [-0.2, 0) is 0 Å². The van der Waals surface area contributed by atoms with Gasteiger partial charge < -0.3 is 10.2 Å². The Hall–Kier alpha value is -0.860. The van der Waals surface area contributed by atoms with Crippen LogP contribution in [0.25, 0.3) is 0 Å². The van der Waals surface area contributed by atoms with Gasteiger partial charge in [0.2, 0.25) is 0 Å². The first kappa shape index (κ1) is 17.2. The first-order valence-electron chi connectivity index (χ1n) is 7.86. The van der Waals surface area contributed by atoms with Crippen LogP contribution in [0.15, 0.2) is 30.3 Å². The van der Waals surface area contributed by atoms with Crippen LogP contribution in [0.1, 0.15) is 45.7 Å². The molecule has 114 valence electrons. The molecule has 2 unspecified atom stereocenters. The van der Waals surface area contributed by atoms with E-state index in [0.29, 0.717) is 23.9 Å². The molecule has 1 aromatic rings. The van der Waals surface area contributed by atoms with Crippen molar-refractivity contribution in [3.05, 3.63) is 35.9 Å². The summed E-state index contributed by atoms with van der Waals surface area (Å²) in [6, 6.07) is 11.9. The van der Waals surface area contributed by atoms with Crippen LogP contribution < -0.4 is 5.32 Å². The molecule has 0 saturated carbocycles. The van der Waals surface area contributed by atoms with Gasteiger partial charge in [-0.3, -0.25) is 0 Å². The van der Waals surface area contributed by atoms with Gasteiger partial charge in [-0.15, -0.1) is 0 Å². The quantitative estimate of drug-likeness (QED) is 0.773. The van der Waals surface area contributed by atoms with Gasteiger partial charge in [0.05, 0.1) is 0 Å². The van der Waals surface area contributed by atoms with Gasteiger partial charge in [-0.2, -0.15) is 0 Å². The molecule has 1 aromatic carbocycles. The van der Waals surface area contributed by atoms with E-state index in [2.05, 4.69) is 82.3 Å². The molecular weight excluding hydrogens is 244 g/mol. The lowest BCUT2D eigenvalue weighted by atomic mass is 9.96.